The molecule has 0 radical (unpaired) electrons. The van der Waals surface area contributed by atoms with Gasteiger partial charge in [-0.3, -0.25) is 19.2 Å². The number of fused-ring (bicyclic) bond motifs is 1. The van der Waals surface area contributed by atoms with Gasteiger partial charge in [0.1, 0.15) is 5.69 Å². The first kappa shape index (κ1) is 25.8. The van der Waals surface area contributed by atoms with Gasteiger partial charge in [-0.1, -0.05) is 12.1 Å². The molecule has 0 spiro atoms. The Bertz CT molecular complexity index is 1560. The van der Waals surface area contributed by atoms with Crippen molar-refractivity contribution in [2.24, 2.45) is 0 Å². The average molecular weight is 527 g/mol. The van der Waals surface area contributed by atoms with Crippen LogP contribution in [0.1, 0.15) is 18.9 Å². The summed E-state index contributed by atoms with van der Waals surface area (Å²) in [5.41, 5.74) is 0.902. The fraction of sp³-hybridized carbons (Fsp3) is 0.346. The number of hydrogen-bond donors (Lipinski definition) is 3. The predicted molar refractivity (Wildman–Crippen MR) is 138 cm³/mol. The number of imidazole rings is 1. The minimum Gasteiger partial charge on any atom is -0.383 e. The first-order chi connectivity index (χ1) is 18.4. The van der Waals surface area contributed by atoms with Crippen LogP contribution in [0.2, 0.25) is 0 Å². The van der Waals surface area contributed by atoms with Crippen LogP contribution >= 0.6 is 0 Å². The Morgan fingerprint density at radius 2 is 2.00 bits per heavy atom. The number of aliphatic hydroxyl groups is 1. The third-order valence-corrected chi connectivity index (χ3v) is 6.87. The van der Waals surface area contributed by atoms with E-state index in [1.807, 2.05) is 6.07 Å². The third-order valence-electron chi connectivity index (χ3n) is 6.87. The Balaban J connectivity index is 1.36. The minimum atomic E-state index is -1.21. The first-order valence-electron chi connectivity index (χ1n) is 12.3. The summed E-state index contributed by atoms with van der Waals surface area (Å²) >= 11 is 0. The van der Waals surface area contributed by atoms with Crippen LogP contribution in [0.3, 0.4) is 0 Å². The summed E-state index contributed by atoms with van der Waals surface area (Å²) in [6.45, 7) is 1.32. The van der Waals surface area contributed by atoms with Crippen molar-refractivity contribution < 1.29 is 18.6 Å². The van der Waals surface area contributed by atoms with Crippen LogP contribution in [0.5, 0.6) is 0 Å². The maximum absolute atomic E-state index is 14.5. The maximum atomic E-state index is 14.5. The second-order valence-corrected chi connectivity index (χ2v) is 9.19. The van der Waals surface area contributed by atoms with Crippen molar-refractivity contribution in [3.05, 3.63) is 81.3 Å². The van der Waals surface area contributed by atoms with Crippen molar-refractivity contribution in [2.45, 2.75) is 31.8 Å². The molecule has 1 aromatic carbocycles. The van der Waals surface area contributed by atoms with Crippen LogP contribution in [0.4, 0.5) is 14.5 Å². The highest BCUT2D eigenvalue weighted by atomic mass is 19.2. The lowest BCUT2D eigenvalue weighted by Gasteiger charge is -2.35. The fourth-order valence-electron chi connectivity index (χ4n) is 4.91. The summed E-state index contributed by atoms with van der Waals surface area (Å²) in [4.78, 5) is 34.3. The molecule has 0 saturated carbocycles. The van der Waals surface area contributed by atoms with Crippen LogP contribution in [-0.4, -0.2) is 62.3 Å². The van der Waals surface area contributed by atoms with E-state index in [0.717, 1.165) is 11.6 Å². The zero-order valence-electron chi connectivity index (χ0n) is 20.7. The van der Waals surface area contributed by atoms with Gasteiger partial charge in [0.25, 0.3) is 5.56 Å². The van der Waals surface area contributed by atoms with Crippen molar-refractivity contribution in [1.82, 2.24) is 24.0 Å². The molecule has 5 rings (SSSR count). The standard InChI is InChI=1S/C26H28F2N6O4/c1-38-13-12-33-15-16(18-4-2-5-19(27)22(18)28)14-20(24(33)35)30-25(36)32-10-7-17(8-11-32)34-21-6-3-9-29-23(21)31-26(34)37/h2-6,9,14-15,17,25,30,36H,7-8,10-13H2,1H3,(H,29,31,37). The number of ether oxygens (including phenoxy) is 1. The molecule has 10 nitrogen and oxygen atoms in total. The Hall–Kier alpha value is -3.87. The molecule has 1 atom stereocenters. The zero-order valence-corrected chi connectivity index (χ0v) is 20.7. The smallest absolute Gasteiger partial charge is 0.327 e. The number of likely N-dealkylation sites (tertiary alicyclic amines) is 1. The van der Waals surface area contributed by atoms with Gasteiger partial charge in [0.05, 0.1) is 12.1 Å². The molecule has 200 valence electrons. The molecule has 1 saturated heterocycles. The van der Waals surface area contributed by atoms with Crippen LogP contribution < -0.4 is 16.6 Å². The number of piperidine rings is 1. The number of halogens is 2. The van der Waals surface area contributed by atoms with Crippen molar-refractivity contribution >= 4 is 16.9 Å². The molecule has 3 N–H and O–H groups in total. The molecule has 38 heavy (non-hydrogen) atoms. The number of aliphatic hydroxyl groups excluding tert-OH is 1. The number of aromatic amines is 1. The predicted octanol–water partition coefficient (Wildman–Crippen LogP) is 2.50. The Morgan fingerprint density at radius 1 is 1.21 bits per heavy atom. The topological polar surface area (TPSA) is 117 Å². The second kappa shape index (κ2) is 10.9. The fourth-order valence-corrected chi connectivity index (χ4v) is 4.91. The first-order valence-corrected chi connectivity index (χ1v) is 12.3. The number of hydrogen-bond acceptors (Lipinski definition) is 7. The monoisotopic (exact) mass is 526 g/mol. The zero-order chi connectivity index (χ0) is 26.8. The summed E-state index contributed by atoms with van der Waals surface area (Å²) in [5, 5.41) is 13.8. The lowest BCUT2D eigenvalue weighted by atomic mass is 10.0. The van der Waals surface area contributed by atoms with E-state index in [-0.39, 0.29) is 41.7 Å². The van der Waals surface area contributed by atoms with Crippen molar-refractivity contribution in [1.29, 1.82) is 0 Å². The highest BCUT2D eigenvalue weighted by Crippen LogP contribution is 2.27. The quantitative estimate of drug-likeness (QED) is 0.302. The highest BCUT2D eigenvalue weighted by molar-refractivity contribution is 5.70. The third kappa shape index (κ3) is 4.97. The Labute approximate surface area is 216 Å². The van der Waals surface area contributed by atoms with Gasteiger partial charge in [-0.15, -0.1) is 0 Å². The molecule has 12 heteroatoms. The van der Waals surface area contributed by atoms with Crippen molar-refractivity contribution in [2.75, 3.05) is 32.1 Å². The largest absolute Gasteiger partial charge is 0.383 e. The van der Waals surface area contributed by atoms with Crippen LogP contribution in [0.25, 0.3) is 22.3 Å². The van der Waals surface area contributed by atoms with E-state index in [1.54, 1.807) is 21.7 Å². The van der Waals surface area contributed by atoms with E-state index in [9.17, 15) is 23.5 Å². The molecule has 0 aliphatic carbocycles. The lowest BCUT2D eigenvalue weighted by molar-refractivity contribution is 0.00470. The van der Waals surface area contributed by atoms with Crippen LogP contribution in [0.15, 0.2) is 58.4 Å². The summed E-state index contributed by atoms with van der Waals surface area (Å²) in [7, 11) is 1.49. The minimum absolute atomic E-state index is 0.00631. The van der Waals surface area contributed by atoms with E-state index in [0.29, 0.717) is 31.6 Å². The molecular weight excluding hydrogens is 498 g/mol. The summed E-state index contributed by atoms with van der Waals surface area (Å²) in [5.74, 6) is -2.03. The number of benzene rings is 1. The molecule has 3 aromatic heterocycles. The van der Waals surface area contributed by atoms with E-state index in [4.69, 9.17) is 4.74 Å². The second-order valence-electron chi connectivity index (χ2n) is 9.19. The van der Waals surface area contributed by atoms with E-state index in [2.05, 4.69) is 15.3 Å². The Kier molecular flexibility index (Phi) is 7.36. The number of rotatable bonds is 8. The van der Waals surface area contributed by atoms with Crippen molar-refractivity contribution in [3.8, 4) is 11.1 Å². The molecule has 1 fully saturated rings. The van der Waals surface area contributed by atoms with Crippen molar-refractivity contribution in [3.63, 3.8) is 0 Å². The van der Waals surface area contributed by atoms with E-state index < -0.39 is 23.5 Å². The average Bonchev–Trinajstić information content (AvgIpc) is 3.26. The SMILES string of the molecule is COCCn1cc(-c2cccc(F)c2F)cc(NC(O)N2CCC(n3c(=O)[nH]c4ncccc43)CC2)c1=O. The highest BCUT2D eigenvalue weighted by Gasteiger charge is 2.27. The molecular formula is C26H28F2N6O4. The van der Waals surface area contributed by atoms with Crippen LogP contribution in [-0.2, 0) is 11.3 Å². The van der Waals surface area contributed by atoms with Crippen LogP contribution in [0, 0.1) is 11.6 Å². The van der Waals surface area contributed by atoms with Gasteiger partial charge < -0.3 is 19.7 Å². The van der Waals surface area contributed by atoms with Gasteiger partial charge in [0.2, 0.25) is 0 Å². The van der Waals surface area contributed by atoms with E-state index >= 15 is 0 Å². The number of aromatic nitrogens is 4. The molecule has 0 bridgehead atoms. The van der Waals surface area contributed by atoms with Gasteiger partial charge in [0, 0.05) is 56.3 Å². The Morgan fingerprint density at radius 3 is 2.76 bits per heavy atom. The van der Waals surface area contributed by atoms with Gasteiger partial charge in [-0.25, -0.2) is 18.6 Å². The van der Waals surface area contributed by atoms with E-state index in [1.165, 1.54) is 36.1 Å². The lowest BCUT2D eigenvalue weighted by Crippen LogP contribution is -2.47. The van der Waals surface area contributed by atoms with Gasteiger partial charge in [-0.05, 0) is 37.1 Å². The number of pyridine rings is 2. The molecule has 0 amide bonds. The number of anilines is 1. The maximum Gasteiger partial charge on any atom is 0.327 e. The number of methoxy groups -OCH3 is 1. The molecule has 4 heterocycles. The number of nitrogens with one attached hydrogen (secondary N) is 2. The number of nitrogens with zero attached hydrogens (tertiary/aromatic N) is 4. The summed E-state index contributed by atoms with van der Waals surface area (Å²) < 4.78 is 36.5. The molecule has 1 aliphatic heterocycles. The normalized spacial score (nSPS) is 15.7. The summed E-state index contributed by atoms with van der Waals surface area (Å²) in [6.07, 6.45) is 3.03. The van der Waals surface area contributed by atoms with Gasteiger partial charge in [-0.2, -0.15) is 0 Å². The summed E-state index contributed by atoms with van der Waals surface area (Å²) in [6, 6.07) is 8.77. The molecule has 4 aromatic rings. The van der Waals surface area contributed by atoms with Gasteiger partial charge in [0.15, 0.2) is 23.6 Å². The number of H-pyrrole nitrogens is 1. The van der Waals surface area contributed by atoms with Gasteiger partial charge >= 0.3 is 5.69 Å². The molecule has 1 unspecified atom stereocenters. The molecule has 1 aliphatic rings.